The lowest BCUT2D eigenvalue weighted by atomic mass is 9.84. The molecule has 0 aliphatic carbocycles. The number of carbonyl (C=O) groups is 2. The molecule has 0 saturated heterocycles. The lowest BCUT2D eigenvalue weighted by Crippen LogP contribution is -2.44. The lowest BCUT2D eigenvalue weighted by molar-refractivity contribution is 0.101. The SMILES string of the molecule is CC(=O)c1ccc2c(c1)CC(C)(C)N/C2=C\C(=O)c1ccccc1. The van der Waals surface area contributed by atoms with E-state index in [-0.39, 0.29) is 17.1 Å². The molecule has 1 heterocycles. The third-order valence-corrected chi connectivity index (χ3v) is 4.24. The van der Waals surface area contributed by atoms with Crippen molar-refractivity contribution in [1.29, 1.82) is 0 Å². The number of benzene rings is 2. The molecule has 0 amide bonds. The van der Waals surface area contributed by atoms with Gasteiger partial charge in [0.2, 0.25) is 0 Å². The molecule has 0 saturated carbocycles. The Morgan fingerprint density at radius 3 is 2.42 bits per heavy atom. The molecule has 0 radical (unpaired) electrons. The first-order valence-electron chi connectivity index (χ1n) is 8.09. The van der Waals surface area contributed by atoms with Crippen molar-refractivity contribution >= 4 is 17.3 Å². The molecule has 0 aromatic heterocycles. The quantitative estimate of drug-likeness (QED) is 0.686. The van der Waals surface area contributed by atoms with Crippen LogP contribution in [0.1, 0.15) is 52.6 Å². The van der Waals surface area contributed by atoms with Crippen molar-refractivity contribution < 1.29 is 9.59 Å². The summed E-state index contributed by atoms with van der Waals surface area (Å²) >= 11 is 0. The molecular weight excluding hydrogens is 298 g/mol. The van der Waals surface area contributed by atoms with Crippen LogP contribution < -0.4 is 5.32 Å². The first kappa shape index (κ1) is 16.2. The Hall–Kier alpha value is -2.68. The van der Waals surface area contributed by atoms with E-state index in [0.29, 0.717) is 11.1 Å². The van der Waals surface area contributed by atoms with Crippen LogP contribution in [0.2, 0.25) is 0 Å². The van der Waals surface area contributed by atoms with Crippen molar-refractivity contribution in [3.63, 3.8) is 0 Å². The van der Waals surface area contributed by atoms with E-state index in [9.17, 15) is 9.59 Å². The minimum atomic E-state index is -0.175. The largest absolute Gasteiger partial charge is 0.379 e. The van der Waals surface area contributed by atoms with Gasteiger partial charge in [-0.1, -0.05) is 42.5 Å². The highest BCUT2D eigenvalue weighted by Crippen LogP contribution is 2.30. The average molecular weight is 319 g/mol. The van der Waals surface area contributed by atoms with Gasteiger partial charge in [-0.25, -0.2) is 0 Å². The lowest BCUT2D eigenvalue weighted by Gasteiger charge is -2.35. The van der Waals surface area contributed by atoms with Gasteiger partial charge in [0, 0.05) is 34.0 Å². The standard InChI is InChI=1S/C21H21NO2/c1-14(23)16-9-10-18-17(11-16)13-21(2,3)22-19(18)12-20(24)15-7-5-4-6-8-15/h4-12,22H,13H2,1-3H3/b19-12-. The number of hydrogen-bond donors (Lipinski definition) is 1. The summed E-state index contributed by atoms with van der Waals surface area (Å²) in [7, 11) is 0. The molecule has 3 nitrogen and oxygen atoms in total. The highest BCUT2D eigenvalue weighted by molar-refractivity contribution is 6.08. The van der Waals surface area contributed by atoms with Crippen LogP contribution in [0.15, 0.2) is 54.6 Å². The van der Waals surface area contributed by atoms with Crippen molar-refractivity contribution in [2.45, 2.75) is 32.7 Å². The van der Waals surface area contributed by atoms with E-state index < -0.39 is 0 Å². The van der Waals surface area contributed by atoms with Gasteiger partial charge in [0.25, 0.3) is 0 Å². The van der Waals surface area contributed by atoms with Crippen molar-refractivity contribution in [3.8, 4) is 0 Å². The second-order valence-electron chi connectivity index (χ2n) is 6.90. The van der Waals surface area contributed by atoms with Crippen LogP contribution in [-0.2, 0) is 6.42 Å². The van der Waals surface area contributed by atoms with Gasteiger partial charge in [-0.2, -0.15) is 0 Å². The maximum Gasteiger partial charge on any atom is 0.187 e. The highest BCUT2D eigenvalue weighted by atomic mass is 16.1. The molecule has 1 aliphatic heterocycles. The van der Waals surface area contributed by atoms with Crippen molar-refractivity contribution in [1.82, 2.24) is 5.32 Å². The third kappa shape index (κ3) is 3.30. The van der Waals surface area contributed by atoms with E-state index in [1.165, 1.54) is 0 Å². The summed E-state index contributed by atoms with van der Waals surface area (Å²) in [5, 5.41) is 3.45. The molecule has 1 N–H and O–H groups in total. The Kier molecular flexibility index (Phi) is 4.10. The number of rotatable bonds is 3. The summed E-state index contributed by atoms with van der Waals surface area (Å²) in [6.07, 6.45) is 2.46. The average Bonchev–Trinajstić information content (AvgIpc) is 2.54. The second-order valence-corrected chi connectivity index (χ2v) is 6.90. The molecule has 0 unspecified atom stereocenters. The van der Waals surface area contributed by atoms with Crippen LogP contribution in [0, 0.1) is 0 Å². The number of carbonyl (C=O) groups excluding carboxylic acids is 2. The van der Waals surface area contributed by atoms with Crippen molar-refractivity contribution in [2.75, 3.05) is 0 Å². The molecule has 1 aliphatic rings. The highest BCUT2D eigenvalue weighted by Gasteiger charge is 2.28. The predicted octanol–water partition coefficient (Wildman–Crippen LogP) is 4.04. The summed E-state index contributed by atoms with van der Waals surface area (Å²) in [4.78, 5) is 24.2. The molecule has 0 atom stereocenters. The zero-order valence-electron chi connectivity index (χ0n) is 14.2. The number of fused-ring (bicyclic) bond motifs is 1. The Labute approximate surface area is 142 Å². The maximum atomic E-state index is 12.5. The Bertz CT molecular complexity index is 832. The predicted molar refractivity (Wildman–Crippen MR) is 96.1 cm³/mol. The zero-order chi connectivity index (χ0) is 17.3. The molecule has 3 rings (SSSR count). The Morgan fingerprint density at radius 2 is 1.75 bits per heavy atom. The first-order chi connectivity index (χ1) is 11.4. The minimum absolute atomic E-state index is 0.0302. The second kappa shape index (κ2) is 6.08. The molecule has 122 valence electrons. The number of Topliss-reactive ketones (excluding diaryl/α,β-unsaturated/α-hetero) is 1. The van der Waals surface area contributed by atoms with E-state index in [1.54, 1.807) is 13.0 Å². The van der Waals surface area contributed by atoms with Crippen LogP contribution in [0.3, 0.4) is 0 Å². The van der Waals surface area contributed by atoms with Gasteiger partial charge in [-0.15, -0.1) is 0 Å². The van der Waals surface area contributed by atoms with Gasteiger partial charge >= 0.3 is 0 Å². The van der Waals surface area contributed by atoms with Crippen LogP contribution in [0.5, 0.6) is 0 Å². The van der Waals surface area contributed by atoms with Gasteiger partial charge in [0.1, 0.15) is 0 Å². The molecule has 0 bridgehead atoms. The van der Waals surface area contributed by atoms with Crippen LogP contribution in [-0.4, -0.2) is 17.1 Å². The summed E-state index contributed by atoms with van der Waals surface area (Å²) in [5.74, 6) is 0.0254. The van der Waals surface area contributed by atoms with Gasteiger partial charge in [0.05, 0.1) is 0 Å². The fourth-order valence-electron chi connectivity index (χ4n) is 3.10. The summed E-state index contributed by atoms with van der Waals surface area (Å²) in [5.41, 5.74) is 4.09. The minimum Gasteiger partial charge on any atom is -0.379 e. The number of allylic oxidation sites excluding steroid dienone is 1. The molecule has 3 heteroatoms. The van der Waals surface area contributed by atoms with Gasteiger partial charge < -0.3 is 5.32 Å². The fourth-order valence-corrected chi connectivity index (χ4v) is 3.10. The van der Waals surface area contributed by atoms with E-state index in [0.717, 1.165) is 23.2 Å². The van der Waals surface area contributed by atoms with E-state index in [4.69, 9.17) is 0 Å². The van der Waals surface area contributed by atoms with Crippen molar-refractivity contribution in [2.24, 2.45) is 0 Å². The summed E-state index contributed by atoms with van der Waals surface area (Å²) in [6.45, 7) is 5.76. The number of nitrogens with one attached hydrogen (secondary N) is 1. The Morgan fingerprint density at radius 1 is 1.04 bits per heavy atom. The summed E-state index contributed by atoms with van der Waals surface area (Å²) in [6, 6.07) is 14.9. The molecule has 2 aromatic carbocycles. The van der Waals surface area contributed by atoms with Crippen LogP contribution in [0.4, 0.5) is 0 Å². The van der Waals surface area contributed by atoms with E-state index in [1.807, 2.05) is 48.5 Å². The summed E-state index contributed by atoms with van der Waals surface area (Å²) < 4.78 is 0. The molecule has 0 spiro atoms. The molecule has 24 heavy (non-hydrogen) atoms. The van der Waals surface area contributed by atoms with Gasteiger partial charge in [-0.3, -0.25) is 9.59 Å². The van der Waals surface area contributed by atoms with Crippen LogP contribution >= 0.6 is 0 Å². The van der Waals surface area contributed by atoms with E-state index in [2.05, 4.69) is 19.2 Å². The maximum absolute atomic E-state index is 12.5. The van der Waals surface area contributed by atoms with Crippen molar-refractivity contribution in [3.05, 3.63) is 76.9 Å². The zero-order valence-corrected chi connectivity index (χ0v) is 14.2. The third-order valence-electron chi connectivity index (χ3n) is 4.24. The monoisotopic (exact) mass is 319 g/mol. The number of hydrogen-bond acceptors (Lipinski definition) is 3. The van der Waals surface area contributed by atoms with Crippen LogP contribution in [0.25, 0.3) is 5.70 Å². The number of ketones is 2. The van der Waals surface area contributed by atoms with Gasteiger partial charge in [0.15, 0.2) is 11.6 Å². The first-order valence-corrected chi connectivity index (χ1v) is 8.09. The Balaban J connectivity index is 2.05. The fraction of sp³-hybridized carbons (Fsp3) is 0.238. The molecular formula is C21H21NO2. The smallest absolute Gasteiger partial charge is 0.187 e. The normalized spacial score (nSPS) is 17.0. The molecule has 0 fully saturated rings. The van der Waals surface area contributed by atoms with Gasteiger partial charge in [-0.05, 0) is 38.8 Å². The molecule has 2 aromatic rings. The van der Waals surface area contributed by atoms with E-state index >= 15 is 0 Å². The topological polar surface area (TPSA) is 46.2 Å².